The molecule has 1 unspecified atom stereocenters. The molecule has 3 rings (SSSR count). The van der Waals surface area contributed by atoms with Gasteiger partial charge in [0.25, 0.3) is 0 Å². The van der Waals surface area contributed by atoms with E-state index in [-0.39, 0.29) is 10.8 Å². The van der Waals surface area contributed by atoms with Crippen molar-refractivity contribution < 1.29 is 9.90 Å². The van der Waals surface area contributed by atoms with Gasteiger partial charge in [-0.15, -0.1) is 6.58 Å². The van der Waals surface area contributed by atoms with Crippen molar-refractivity contribution in [2.75, 3.05) is 0 Å². The fraction of sp³-hybridized carbons (Fsp3) is 0.750. The van der Waals surface area contributed by atoms with Crippen LogP contribution in [0.5, 0.6) is 0 Å². The van der Waals surface area contributed by atoms with Crippen molar-refractivity contribution in [1.82, 2.24) is 0 Å². The van der Waals surface area contributed by atoms with E-state index >= 15 is 0 Å². The molecular weight excluding hydrogens is 272 g/mol. The zero-order valence-electron chi connectivity index (χ0n) is 14.3. The first-order valence-electron chi connectivity index (χ1n) is 8.84. The highest BCUT2D eigenvalue weighted by atomic mass is 16.4. The van der Waals surface area contributed by atoms with Crippen LogP contribution >= 0.6 is 0 Å². The van der Waals surface area contributed by atoms with E-state index in [4.69, 9.17) is 0 Å². The van der Waals surface area contributed by atoms with Crippen molar-refractivity contribution in [3.8, 4) is 0 Å². The van der Waals surface area contributed by atoms with Gasteiger partial charge in [-0.05, 0) is 62.7 Å². The third-order valence-electron chi connectivity index (χ3n) is 7.38. The van der Waals surface area contributed by atoms with E-state index in [9.17, 15) is 9.90 Å². The first-order valence-corrected chi connectivity index (χ1v) is 8.84. The molecule has 0 aromatic heterocycles. The molecular formula is C20H30O2. The molecule has 0 saturated heterocycles. The fourth-order valence-electron chi connectivity index (χ4n) is 5.94. The lowest BCUT2D eigenvalue weighted by Crippen LogP contribution is -2.54. The summed E-state index contributed by atoms with van der Waals surface area (Å²) in [6, 6.07) is 0. The Labute approximate surface area is 134 Å². The number of carbonyl (C=O) groups is 1. The molecule has 0 heterocycles. The van der Waals surface area contributed by atoms with E-state index in [0.717, 1.165) is 32.1 Å². The molecule has 2 fully saturated rings. The molecule has 3 aliphatic rings. The summed E-state index contributed by atoms with van der Waals surface area (Å²) >= 11 is 0. The molecule has 5 atom stereocenters. The van der Waals surface area contributed by atoms with Gasteiger partial charge in [-0.3, -0.25) is 4.79 Å². The highest BCUT2D eigenvalue weighted by Crippen LogP contribution is 2.63. The van der Waals surface area contributed by atoms with Crippen LogP contribution in [0, 0.1) is 28.1 Å². The third kappa shape index (κ3) is 2.10. The van der Waals surface area contributed by atoms with E-state index in [2.05, 4.69) is 32.6 Å². The normalized spacial score (nSPS) is 47.9. The molecule has 2 nitrogen and oxygen atoms in total. The number of aliphatic carboxylic acids is 1. The lowest BCUT2D eigenvalue weighted by molar-refractivity contribution is -0.164. The van der Waals surface area contributed by atoms with Crippen LogP contribution in [0.25, 0.3) is 0 Å². The predicted octanol–water partition coefficient (Wildman–Crippen LogP) is 5.21. The number of carboxylic acids is 1. The van der Waals surface area contributed by atoms with E-state index in [1.807, 2.05) is 6.92 Å². The second-order valence-corrected chi connectivity index (χ2v) is 8.69. The average molecular weight is 302 g/mol. The molecule has 122 valence electrons. The van der Waals surface area contributed by atoms with Crippen molar-refractivity contribution in [3.63, 3.8) is 0 Å². The summed E-state index contributed by atoms with van der Waals surface area (Å²) in [6.07, 6.45) is 12.1. The Morgan fingerprint density at radius 1 is 1.27 bits per heavy atom. The lowest BCUT2D eigenvalue weighted by Gasteiger charge is -2.59. The summed E-state index contributed by atoms with van der Waals surface area (Å²) in [5.74, 6) is 0.322. The molecule has 3 aliphatic carbocycles. The number of rotatable bonds is 2. The Morgan fingerprint density at radius 3 is 2.64 bits per heavy atom. The molecule has 22 heavy (non-hydrogen) atoms. The van der Waals surface area contributed by atoms with E-state index < -0.39 is 11.4 Å². The Bertz CT molecular complexity index is 534. The first-order chi connectivity index (χ1) is 10.3. The number of carboxylic acid groups (broad SMARTS) is 1. The standard InChI is InChI=1S/C20H30O2/c1-5-18(2)12-9-15-14(13-18)7-8-16-19(15,3)10-6-11-20(16,4)17(21)22/h5,13,15-16H,1,6-12H2,2-4H3,(H,21,22)/t15-,16?,18+,19+,20-/m1/s1. The van der Waals surface area contributed by atoms with Gasteiger partial charge in [0.2, 0.25) is 0 Å². The Morgan fingerprint density at radius 2 is 2.00 bits per heavy atom. The van der Waals surface area contributed by atoms with Crippen molar-refractivity contribution >= 4 is 5.97 Å². The minimum absolute atomic E-state index is 0.139. The smallest absolute Gasteiger partial charge is 0.309 e. The Kier molecular flexibility index (Phi) is 3.58. The summed E-state index contributed by atoms with van der Waals surface area (Å²) in [6.45, 7) is 10.7. The first kappa shape index (κ1) is 15.8. The van der Waals surface area contributed by atoms with Crippen molar-refractivity contribution in [1.29, 1.82) is 0 Å². The number of fused-ring (bicyclic) bond motifs is 3. The maximum Gasteiger partial charge on any atom is 0.309 e. The van der Waals surface area contributed by atoms with Gasteiger partial charge in [-0.25, -0.2) is 0 Å². The number of allylic oxidation sites excluding steroid dienone is 3. The molecule has 2 saturated carbocycles. The van der Waals surface area contributed by atoms with E-state index in [1.165, 1.54) is 12.8 Å². The van der Waals surface area contributed by atoms with Crippen LogP contribution in [0.3, 0.4) is 0 Å². The molecule has 0 spiro atoms. The van der Waals surface area contributed by atoms with Gasteiger partial charge in [-0.1, -0.05) is 38.0 Å². The van der Waals surface area contributed by atoms with Crippen molar-refractivity contribution in [2.24, 2.45) is 28.1 Å². The highest BCUT2D eigenvalue weighted by molar-refractivity contribution is 5.75. The maximum atomic E-state index is 12.0. The second kappa shape index (κ2) is 4.97. The van der Waals surface area contributed by atoms with Crippen LogP contribution in [0.4, 0.5) is 0 Å². The number of hydrogen-bond donors (Lipinski definition) is 1. The van der Waals surface area contributed by atoms with Crippen LogP contribution in [0.1, 0.15) is 65.7 Å². The monoisotopic (exact) mass is 302 g/mol. The Balaban J connectivity index is 1.99. The van der Waals surface area contributed by atoms with Gasteiger partial charge in [0.15, 0.2) is 0 Å². The third-order valence-corrected chi connectivity index (χ3v) is 7.38. The fourth-order valence-corrected chi connectivity index (χ4v) is 5.94. The molecule has 0 bridgehead atoms. The van der Waals surface area contributed by atoms with E-state index in [0.29, 0.717) is 11.8 Å². The summed E-state index contributed by atoms with van der Waals surface area (Å²) in [7, 11) is 0. The van der Waals surface area contributed by atoms with Gasteiger partial charge < -0.3 is 5.11 Å². The maximum absolute atomic E-state index is 12.0. The SMILES string of the molecule is C=C[C@]1(C)C=C2CCC3[C@](C)(C(=O)O)CCC[C@@]3(C)[C@@H]2CC1. The van der Waals surface area contributed by atoms with Crippen molar-refractivity contribution in [2.45, 2.75) is 65.7 Å². The second-order valence-electron chi connectivity index (χ2n) is 8.69. The van der Waals surface area contributed by atoms with Gasteiger partial charge in [0.05, 0.1) is 5.41 Å². The van der Waals surface area contributed by atoms with Crippen molar-refractivity contribution in [3.05, 3.63) is 24.3 Å². The van der Waals surface area contributed by atoms with Gasteiger partial charge >= 0.3 is 5.97 Å². The molecule has 0 aliphatic heterocycles. The summed E-state index contributed by atoms with van der Waals surface area (Å²) in [5, 5.41) is 9.84. The minimum atomic E-state index is -0.581. The zero-order valence-corrected chi connectivity index (χ0v) is 14.3. The van der Waals surface area contributed by atoms with Crippen LogP contribution in [-0.4, -0.2) is 11.1 Å². The number of hydrogen-bond acceptors (Lipinski definition) is 1. The Hall–Kier alpha value is -1.05. The molecule has 0 amide bonds. The molecule has 0 radical (unpaired) electrons. The molecule has 1 N–H and O–H groups in total. The average Bonchev–Trinajstić information content (AvgIpc) is 2.46. The largest absolute Gasteiger partial charge is 0.481 e. The van der Waals surface area contributed by atoms with E-state index in [1.54, 1.807) is 5.57 Å². The summed E-state index contributed by atoms with van der Waals surface area (Å²) in [5.41, 5.74) is 1.36. The summed E-state index contributed by atoms with van der Waals surface area (Å²) in [4.78, 5) is 12.0. The van der Waals surface area contributed by atoms with Gasteiger partial charge in [-0.2, -0.15) is 0 Å². The van der Waals surface area contributed by atoms with Crippen LogP contribution in [0.2, 0.25) is 0 Å². The van der Waals surface area contributed by atoms with Crippen LogP contribution in [-0.2, 0) is 4.79 Å². The van der Waals surface area contributed by atoms with Crippen LogP contribution in [0.15, 0.2) is 24.3 Å². The lowest BCUT2D eigenvalue weighted by atomic mass is 9.45. The van der Waals surface area contributed by atoms with Gasteiger partial charge in [0.1, 0.15) is 0 Å². The zero-order chi connectivity index (χ0) is 16.2. The highest BCUT2D eigenvalue weighted by Gasteiger charge is 2.58. The predicted molar refractivity (Wildman–Crippen MR) is 89.5 cm³/mol. The van der Waals surface area contributed by atoms with Gasteiger partial charge in [0, 0.05) is 5.41 Å². The molecule has 2 heteroatoms. The molecule has 0 aromatic carbocycles. The summed E-state index contributed by atoms with van der Waals surface area (Å²) < 4.78 is 0. The minimum Gasteiger partial charge on any atom is -0.481 e. The van der Waals surface area contributed by atoms with Crippen LogP contribution < -0.4 is 0 Å². The quantitative estimate of drug-likeness (QED) is 0.711. The topological polar surface area (TPSA) is 37.3 Å². The molecule has 0 aromatic rings.